The van der Waals surface area contributed by atoms with Gasteiger partial charge in [0.15, 0.2) is 5.01 Å². The van der Waals surface area contributed by atoms with E-state index in [-0.39, 0.29) is 11.9 Å². The lowest BCUT2D eigenvalue weighted by Crippen LogP contribution is -2.45. The molecule has 134 valence electrons. The van der Waals surface area contributed by atoms with Crippen LogP contribution in [0.4, 0.5) is 4.79 Å². The molecule has 1 aliphatic heterocycles. The van der Waals surface area contributed by atoms with E-state index in [1.54, 1.807) is 11.1 Å². The normalized spacial score (nSPS) is 18.7. The molecule has 1 aromatic heterocycles. The predicted octanol–water partition coefficient (Wildman–Crippen LogP) is 2.90. The van der Waals surface area contributed by atoms with Gasteiger partial charge in [0.25, 0.3) is 0 Å². The summed E-state index contributed by atoms with van der Waals surface area (Å²) in [5.74, 6) is 0.410. The molecule has 0 N–H and O–H groups in total. The molecule has 0 saturated carbocycles. The first-order valence-electron chi connectivity index (χ1n) is 8.34. The van der Waals surface area contributed by atoms with Crippen LogP contribution in [0.15, 0.2) is 11.6 Å². The molecule has 1 atom stereocenters. The van der Waals surface area contributed by atoms with E-state index >= 15 is 0 Å². The van der Waals surface area contributed by atoms with E-state index in [0.717, 1.165) is 25.9 Å². The molecule has 0 unspecified atom stereocenters. The molecule has 1 fully saturated rings. The lowest BCUT2D eigenvalue weighted by molar-refractivity contribution is 0.0149. The number of likely N-dealkylation sites (tertiary alicyclic amines) is 1. The van der Waals surface area contributed by atoms with E-state index in [1.165, 1.54) is 11.3 Å². The number of ether oxygens (including phenoxy) is 1. The number of amides is 1. The van der Waals surface area contributed by atoms with Crippen LogP contribution in [0.2, 0.25) is 0 Å². The number of carbonyl (C=O) groups is 2. The zero-order valence-corrected chi connectivity index (χ0v) is 15.8. The van der Waals surface area contributed by atoms with Gasteiger partial charge in [-0.3, -0.25) is 9.69 Å². The molecule has 0 aromatic carbocycles. The van der Waals surface area contributed by atoms with Crippen LogP contribution >= 0.6 is 11.3 Å². The number of Topliss-reactive ketones (excluding diaryl/α,β-unsaturated/α-hetero) is 1. The lowest BCUT2D eigenvalue weighted by atomic mass is 9.98. The highest BCUT2D eigenvalue weighted by Crippen LogP contribution is 2.20. The number of likely N-dealkylation sites (N-methyl/N-ethyl adjacent to an activating group) is 1. The highest BCUT2D eigenvalue weighted by atomic mass is 32.1. The van der Waals surface area contributed by atoms with Crippen LogP contribution in [-0.2, 0) is 4.74 Å². The van der Waals surface area contributed by atoms with E-state index in [1.807, 2.05) is 38.1 Å². The van der Waals surface area contributed by atoms with E-state index in [0.29, 0.717) is 24.0 Å². The second kappa shape index (κ2) is 8.07. The lowest BCUT2D eigenvalue weighted by Gasteiger charge is -2.35. The minimum atomic E-state index is -0.471. The fourth-order valence-corrected chi connectivity index (χ4v) is 3.45. The number of aromatic nitrogens is 1. The summed E-state index contributed by atoms with van der Waals surface area (Å²) in [5.41, 5.74) is -0.471. The van der Waals surface area contributed by atoms with Crippen molar-refractivity contribution in [3.05, 3.63) is 16.6 Å². The molecule has 1 aromatic rings. The Balaban J connectivity index is 1.81. The minimum absolute atomic E-state index is 0.0484. The maximum atomic E-state index is 12.2. The highest BCUT2D eigenvalue weighted by Gasteiger charge is 2.28. The minimum Gasteiger partial charge on any atom is -0.444 e. The summed E-state index contributed by atoms with van der Waals surface area (Å²) in [6.07, 6.45) is 3.44. The summed E-state index contributed by atoms with van der Waals surface area (Å²) >= 11 is 1.37. The van der Waals surface area contributed by atoms with Gasteiger partial charge in [0, 0.05) is 31.2 Å². The maximum absolute atomic E-state index is 12.2. The second-order valence-corrected chi connectivity index (χ2v) is 8.29. The molecule has 7 heteroatoms. The van der Waals surface area contributed by atoms with Gasteiger partial charge in [0.05, 0.1) is 6.54 Å². The number of carbonyl (C=O) groups excluding carboxylic acids is 2. The zero-order valence-electron chi connectivity index (χ0n) is 14.9. The van der Waals surface area contributed by atoms with Crippen LogP contribution in [0.25, 0.3) is 0 Å². The Morgan fingerprint density at radius 1 is 1.46 bits per heavy atom. The van der Waals surface area contributed by atoms with E-state index in [2.05, 4.69) is 4.98 Å². The van der Waals surface area contributed by atoms with Crippen molar-refractivity contribution in [3.63, 3.8) is 0 Å². The molecule has 2 rings (SSSR count). The first-order chi connectivity index (χ1) is 11.2. The maximum Gasteiger partial charge on any atom is 0.410 e. The molecule has 0 bridgehead atoms. The van der Waals surface area contributed by atoms with Crippen molar-refractivity contribution in [1.29, 1.82) is 0 Å². The van der Waals surface area contributed by atoms with Crippen LogP contribution in [-0.4, -0.2) is 65.5 Å². The van der Waals surface area contributed by atoms with Gasteiger partial charge >= 0.3 is 6.09 Å². The van der Waals surface area contributed by atoms with Gasteiger partial charge in [-0.1, -0.05) is 0 Å². The smallest absolute Gasteiger partial charge is 0.410 e. The van der Waals surface area contributed by atoms with Crippen molar-refractivity contribution in [2.45, 2.75) is 39.2 Å². The zero-order chi connectivity index (χ0) is 17.7. The average molecular weight is 353 g/mol. The molecule has 0 radical (unpaired) electrons. The van der Waals surface area contributed by atoms with Gasteiger partial charge in [-0.2, -0.15) is 0 Å². The third-order valence-electron chi connectivity index (χ3n) is 3.82. The van der Waals surface area contributed by atoms with Crippen LogP contribution in [0.3, 0.4) is 0 Å². The van der Waals surface area contributed by atoms with Crippen LogP contribution < -0.4 is 0 Å². The summed E-state index contributed by atoms with van der Waals surface area (Å²) < 4.78 is 5.46. The van der Waals surface area contributed by atoms with Gasteiger partial charge in [-0.15, -0.1) is 11.3 Å². The van der Waals surface area contributed by atoms with Crippen LogP contribution in [0.1, 0.15) is 43.4 Å². The van der Waals surface area contributed by atoms with Crippen molar-refractivity contribution in [2.75, 3.05) is 33.2 Å². The molecule has 0 aliphatic carbocycles. The quantitative estimate of drug-likeness (QED) is 0.762. The van der Waals surface area contributed by atoms with Crippen molar-refractivity contribution in [2.24, 2.45) is 5.92 Å². The predicted molar refractivity (Wildman–Crippen MR) is 94.5 cm³/mol. The SMILES string of the molecule is CN(CC(=O)c1nccs1)C[C@H]1CCCN(C(=O)OC(C)(C)C)C1. The van der Waals surface area contributed by atoms with Crippen molar-refractivity contribution < 1.29 is 14.3 Å². The van der Waals surface area contributed by atoms with Gasteiger partial charge in [-0.05, 0) is 46.6 Å². The van der Waals surface area contributed by atoms with Crippen molar-refractivity contribution in [3.8, 4) is 0 Å². The summed E-state index contributed by atoms with van der Waals surface area (Å²) in [5, 5.41) is 2.37. The van der Waals surface area contributed by atoms with Crippen LogP contribution in [0.5, 0.6) is 0 Å². The Hall–Kier alpha value is -1.47. The first kappa shape index (κ1) is 18.9. The molecule has 1 aliphatic rings. The van der Waals surface area contributed by atoms with Gasteiger partial charge in [-0.25, -0.2) is 9.78 Å². The number of piperidine rings is 1. The molecule has 1 amide bonds. The molecule has 2 heterocycles. The Bertz CT molecular complexity index is 554. The molecule has 0 spiro atoms. The Kier molecular flexibility index (Phi) is 6.34. The molecule has 1 saturated heterocycles. The first-order valence-corrected chi connectivity index (χ1v) is 9.22. The topological polar surface area (TPSA) is 62.7 Å². The number of hydrogen-bond donors (Lipinski definition) is 0. The fourth-order valence-electron chi connectivity index (χ4n) is 2.89. The van der Waals surface area contributed by atoms with Crippen molar-refractivity contribution >= 4 is 23.2 Å². The van der Waals surface area contributed by atoms with Crippen LogP contribution in [0, 0.1) is 5.92 Å². The highest BCUT2D eigenvalue weighted by molar-refractivity contribution is 7.11. The Morgan fingerprint density at radius 3 is 2.83 bits per heavy atom. The largest absolute Gasteiger partial charge is 0.444 e. The number of thiazole rings is 1. The van der Waals surface area contributed by atoms with Crippen molar-refractivity contribution in [1.82, 2.24) is 14.8 Å². The summed E-state index contributed by atoms with van der Waals surface area (Å²) in [4.78, 5) is 32.2. The van der Waals surface area contributed by atoms with E-state index < -0.39 is 5.60 Å². The molecular formula is C17H27N3O3S. The fraction of sp³-hybridized carbons (Fsp3) is 0.706. The molecule has 6 nitrogen and oxygen atoms in total. The Morgan fingerprint density at radius 2 is 2.21 bits per heavy atom. The van der Waals surface area contributed by atoms with Gasteiger partial charge in [0.2, 0.25) is 5.78 Å². The summed E-state index contributed by atoms with van der Waals surface area (Å²) in [6, 6.07) is 0. The second-order valence-electron chi connectivity index (χ2n) is 7.39. The number of ketones is 1. The number of hydrogen-bond acceptors (Lipinski definition) is 6. The Labute approximate surface area is 147 Å². The number of rotatable bonds is 5. The molecule has 24 heavy (non-hydrogen) atoms. The summed E-state index contributed by atoms with van der Waals surface area (Å²) in [7, 11) is 1.94. The third kappa shape index (κ3) is 5.87. The standard InChI is InChI=1S/C17H27N3O3S/c1-17(2,3)23-16(22)20-8-5-6-13(11-20)10-19(4)12-14(21)15-18-7-9-24-15/h7,9,13H,5-6,8,10-12H2,1-4H3/t13-/m1/s1. The average Bonchev–Trinajstić information content (AvgIpc) is 2.99. The summed E-state index contributed by atoms with van der Waals surface area (Å²) in [6.45, 7) is 8.21. The number of nitrogens with zero attached hydrogens (tertiary/aromatic N) is 3. The monoisotopic (exact) mass is 353 g/mol. The van der Waals surface area contributed by atoms with E-state index in [9.17, 15) is 9.59 Å². The third-order valence-corrected chi connectivity index (χ3v) is 4.64. The van der Waals surface area contributed by atoms with Gasteiger partial charge in [0.1, 0.15) is 5.60 Å². The molecular weight excluding hydrogens is 326 g/mol. The van der Waals surface area contributed by atoms with E-state index in [4.69, 9.17) is 4.74 Å². The van der Waals surface area contributed by atoms with Gasteiger partial charge < -0.3 is 9.64 Å².